The molecule has 3 aromatic carbocycles. The van der Waals surface area contributed by atoms with Gasteiger partial charge in [-0.3, -0.25) is 20.4 Å². The van der Waals surface area contributed by atoms with E-state index < -0.39 is 23.7 Å². The van der Waals surface area contributed by atoms with Crippen molar-refractivity contribution in [2.24, 2.45) is 0 Å². The molecule has 1 atom stereocenters. The number of hydrogen-bond acceptors (Lipinski definition) is 4. The molecule has 2 amide bonds. The van der Waals surface area contributed by atoms with Crippen LogP contribution in [0.2, 0.25) is 0 Å². The number of hydrazine groups is 1. The van der Waals surface area contributed by atoms with Gasteiger partial charge in [0.05, 0.1) is 0 Å². The Morgan fingerprint density at radius 2 is 1.68 bits per heavy atom. The molecular formula is C21H19FN2O4. The van der Waals surface area contributed by atoms with Crippen LogP contribution < -0.4 is 20.3 Å². The number of rotatable bonds is 6. The average Bonchev–Trinajstić information content (AvgIpc) is 2.71. The first kappa shape index (κ1) is 19.2. The highest BCUT2D eigenvalue weighted by molar-refractivity contribution is 5.86. The topological polar surface area (TPSA) is 76.7 Å². The molecule has 0 aliphatic carbocycles. The van der Waals surface area contributed by atoms with E-state index in [-0.39, 0.29) is 12.4 Å². The highest BCUT2D eigenvalue weighted by Crippen LogP contribution is 2.20. The first-order valence-corrected chi connectivity index (χ1v) is 8.64. The molecule has 0 aromatic heterocycles. The van der Waals surface area contributed by atoms with Gasteiger partial charge in [0.15, 0.2) is 24.3 Å². The van der Waals surface area contributed by atoms with Crippen LogP contribution in [-0.2, 0) is 9.59 Å². The van der Waals surface area contributed by atoms with Gasteiger partial charge in [-0.2, -0.15) is 0 Å². The number of fused-ring (bicyclic) bond motifs is 1. The predicted molar refractivity (Wildman–Crippen MR) is 102 cm³/mol. The third kappa shape index (κ3) is 4.97. The Bertz CT molecular complexity index is 993. The summed E-state index contributed by atoms with van der Waals surface area (Å²) in [6.45, 7) is 1.17. The zero-order valence-corrected chi connectivity index (χ0v) is 15.1. The standard InChI is InChI=1S/C21H19FN2O4/c1-14(28-19-9-5-4-8-18(19)22)21(26)24-23-20(25)13-27-17-11-10-15-6-2-3-7-16(15)12-17/h2-12,14H,13H2,1H3,(H,23,25)(H,24,26)/t14-/m0/s1. The largest absolute Gasteiger partial charge is 0.484 e. The van der Waals surface area contributed by atoms with Gasteiger partial charge in [0.2, 0.25) is 0 Å². The van der Waals surface area contributed by atoms with Crippen LogP contribution in [0, 0.1) is 5.82 Å². The van der Waals surface area contributed by atoms with Crippen molar-refractivity contribution in [3.63, 3.8) is 0 Å². The van der Waals surface area contributed by atoms with Crippen LogP contribution in [0.4, 0.5) is 4.39 Å². The minimum absolute atomic E-state index is 0.0453. The second-order valence-electron chi connectivity index (χ2n) is 6.03. The molecule has 0 aliphatic rings. The lowest BCUT2D eigenvalue weighted by Crippen LogP contribution is -2.48. The van der Waals surface area contributed by atoms with E-state index in [1.165, 1.54) is 25.1 Å². The molecule has 0 saturated heterocycles. The van der Waals surface area contributed by atoms with Crippen molar-refractivity contribution >= 4 is 22.6 Å². The number of nitrogens with one attached hydrogen (secondary N) is 2. The third-order valence-corrected chi connectivity index (χ3v) is 3.93. The maximum Gasteiger partial charge on any atom is 0.279 e. The van der Waals surface area contributed by atoms with Crippen LogP contribution in [0.1, 0.15) is 6.92 Å². The van der Waals surface area contributed by atoms with Gasteiger partial charge in [-0.25, -0.2) is 4.39 Å². The first-order valence-electron chi connectivity index (χ1n) is 8.64. The lowest BCUT2D eigenvalue weighted by molar-refractivity contribution is -0.133. The number of benzene rings is 3. The van der Waals surface area contributed by atoms with E-state index in [0.29, 0.717) is 5.75 Å². The van der Waals surface area contributed by atoms with Gasteiger partial charge < -0.3 is 9.47 Å². The normalized spacial score (nSPS) is 11.5. The Hall–Kier alpha value is -3.61. The van der Waals surface area contributed by atoms with E-state index >= 15 is 0 Å². The number of carbonyl (C=O) groups excluding carboxylic acids is 2. The molecule has 0 spiro atoms. The van der Waals surface area contributed by atoms with Crippen molar-refractivity contribution in [1.82, 2.24) is 10.9 Å². The summed E-state index contributed by atoms with van der Waals surface area (Å²) >= 11 is 0. The molecule has 0 radical (unpaired) electrons. The molecule has 28 heavy (non-hydrogen) atoms. The summed E-state index contributed by atoms with van der Waals surface area (Å²) in [7, 11) is 0. The van der Waals surface area contributed by atoms with Crippen LogP contribution in [0.5, 0.6) is 11.5 Å². The highest BCUT2D eigenvalue weighted by atomic mass is 19.1. The minimum atomic E-state index is -1.00. The first-order chi connectivity index (χ1) is 13.5. The van der Waals surface area contributed by atoms with Crippen molar-refractivity contribution < 1.29 is 23.5 Å². The molecule has 2 N–H and O–H groups in total. The van der Waals surface area contributed by atoms with E-state index in [9.17, 15) is 14.0 Å². The zero-order valence-electron chi connectivity index (χ0n) is 15.1. The molecule has 3 rings (SSSR count). The van der Waals surface area contributed by atoms with Gasteiger partial charge in [0.25, 0.3) is 11.8 Å². The van der Waals surface area contributed by atoms with Gasteiger partial charge in [0, 0.05) is 0 Å². The number of para-hydroxylation sites is 1. The monoisotopic (exact) mass is 382 g/mol. The van der Waals surface area contributed by atoms with Crippen molar-refractivity contribution in [3.05, 3.63) is 72.5 Å². The molecule has 0 saturated carbocycles. The van der Waals surface area contributed by atoms with Gasteiger partial charge in [-0.15, -0.1) is 0 Å². The van der Waals surface area contributed by atoms with Gasteiger partial charge in [-0.1, -0.05) is 42.5 Å². The molecule has 144 valence electrons. The molecule has 6 nitrogen and oxygen atoms in total. The molecule has 3 aromatic rings. The molecule has 0 fully saturated rings. The molecule has 0 heterocycles. The predicted octanol–water partition coefficient (Wildman–Crippen LogP) is 2.97. The molecule has 0 bridgehead atoms. The molecule has 7 heteroatoms. The SMILES string of the molecule is C[C@H](Oc1ccccc1F)C(=O)NNC(=O)COc1ccc2ccccc2c1. The van der Waals surface area contributed by atoms with E-state index in [1.54, 1.807) is 12.1 Å². The summed E-state index contributed by atoms with van der Waals surface area (Å²) in [5, 5.41) is 2.06. The maximum absolute atomic E-state index is 13.5. The van der Waals surface area contributed by atoms with Crippen molar-refractivity contribution in [3.8, 4) is 11.5 Å². The number of halogens is 1. The van der Waals surface area contributed by atoms with Crippen LogP contribution >= 0.6 is 0 Å². The molecule has 0 aliphatic heterocycles. The smallest absolute Gasteiger partial charge is 0.279 e. The lowest BCUT2D eigenvalue weighted by atomic mass is 10.1. The summed E-state index contributed by atoms with van der Waals surface area (Å²) < 4.78 is 24.2. The van der Waals surface area contributed by atoms with E-state index in [1.807, 2.05) is 36.4 Å². The number of ether oxygens (including phenoxy) is 2. The van der Waals surface area contributed by atoms with Crippen molar-refractivity contribution in [2.75, 3.05) is 6.61 Å². The Kier molecular flexibility index (Phi) is 6.06. The number of carbonyl (C=O) groups is 2. The Morgan fingerprint density at radius 1 is 0.964 bits per heavy atom. The summed E-state index contributed by atoms with van der Waals surface area (Å²) in [6, 6.07) is 19.0. The second kappa shape index (κ2) is 8.85. The number of hydrogen-bond donors (Lipinski definition) is 2. The molecule has 0 unspecified atom stereocenters. The van der Waals surface area contributed by atoms with Crippen LogP contribution in [-0.4, -0.2) is 24.5 Å². The fourth-order valence-corrected chi connectivity index (χ4v) is 2.46. The van der Waals surface area contributed by atoms with Gasteiger partial charge in [-0.05, 0) is 42.0 Å². The van der Waals surface area contributed by atoms with E-state index in [2.05, 4.69) is 10.9 Å². The minimum Gasteiger partial charge on any atom is -0.484 e. The third-order valence-electron chi connectivity index (χ3n) is 3.93. The Balaban J connectivity index is 1.45. The quantitative estimate of drug-likeness (QED) is 0.643. The average molecular weight is 382 g/mol. The van der Waals surface area contributed by atoms with Gasteiger partial charge in [0.1, 0.15) is 5.75 Å². The Labute approximate surface area is 161 Å². The van der Waals surface area contributed by atoms with E-state index in [4.69, 9.17) is 9.47 Å². The highest BCUT2D eigenvalue weighted by Gasteiger charge is 2.17. The van der Waals surface area contributed by atoms with Crippen molar-refractivity contribution in [2.45, 2.75) is 13.0 Å². The summed E-state index contributed by atoms with van der Waals surface area (Å²) in [5.41, 5.74) is 4.46. The fourth-order valence-electron chi connectivity index (χ4n) is 2.46. The Morgan fingerprint density at radius 3 is 2.46 bits per heavy atom. The summed E-state index contributed by atoms with van der Waals surface area (Å²) in [4.78, 5) is 23.8. The summed E-state index contributed by atoms with van der Waals surface area (Å²) in [6.07, 6.45) is -1.00. The van der Waals surface area contributed by atoms with Crippen LogP contribution in [0.15, 0.2) is 66.7 Å². The number of amides is 2. The van der Waals surface area contributed by atoms with E-state index in [0.717, 1.165) is 10.8 Å². The fraction of sp³-hybridized carbons (Fsp3) is 0.143. The summed E-state index contributed by atoms with van der Waals surface area (Å²) in [5.74, 6) is -1.25. The second-order valence-corrected chi connectivity index (χ2v) is 6.03. The lowest BCUT2D eigenvalue weighted by Gasteiger charge is -2.15. The van der Waals surface area contributed by atoms with Crippen LogP contribution in [0.3, 0.4) is 0 Å². The van der Waals surface area contributed by atoms with Gasteiger partial charge >= 0.3 is 0 Å². The van der Waals surface area contributed by atoms with Crippen LogP contribution in [0.25, 0.3) is 10.8 Å². The maximum atomic E-state index is 13.5. The zero-order chi connectivity index (χ0) is 19.9. The molecular weight excluding hydrogens is 363 g/mol. The van der Waals surface area contributed by atoms with Crippen molar-refractivity contribution in [1.29, 1.82) is 0 Å².